The quantitative estimate of drug-likeness (QED) is 0.159. The first-order valence-electron chi connectivity index (χ1n) is 11.3. The topological polar surface area (TPSA) is 140 Å². The van der Waals surface area contributed by atoms with Crippen LogP contribution >= 0.6 is 11.3 Å². The van der Waals surface area contributed by atoms with Crippen molar-refractivity contribution in [1.82, 2.24) is 0 Å². The number of ether oxygens (including phenoxy) is 2. The number of fused-ring (bicyclic) bond motifs is 2. The number of hydrogen-bond donors (Lipinski definition) is 0. The van der Waals surface area contributed by atoms with Crippen LogP contribution in [0.3, 0.4) is 0 Å². The van der Waals surface area contributed by atoms with Crippen LogP contribution in [0.25, 0.3) is 33.4 Å². The molecule has 0 N–H and O–H groups in total. The summed E-state index contributed by atoms with van der Waals surface area (Å²) in [6, 6.07) is 21.6. The molecular formula is C30H14N4O4S. The lowest BCUT2D eigenvalue weighted by Crippen LogP contribution is -1.97. The normalized spacial score (nSPS) is 11.2. The highest BCUT2D eigenvalue weighted by atomic mass is 32.1. The lowest BCUT2D eigenvalue weighted by Gasteiger charge is -2.19. The molecule has 1 aromatic carbocycles. The Morgan fingerprint density at radius 1 is 0.615 bits per heavy atom. The third kappa shape index (κ3) is 5.12. The molecule has 1 aliphatic rings. The zero-order valence-corrected chi connectivity index (χ0v) is 20.7. The van der Waals surface area contributed by atoms with Crippen LogP contribution in [0.2, 0.25) is 0 Å². The number of furan rings is 2. The molecule has 0 aliphatic carbocycles. The van der Waals surface area contributed by atoms with E-state index < -0.39 is 0 Å². The van der Waals surface area contributed by atoms with Gasteiger partial charge in [0.25, 0.3) is 0 Å². The van der Waals surface area contributed by atoms with Crippen LogP contribution in [0.1, 0.15) is 11.5 Å². The van der Waals surface area contributed by atoms with Gasteiger partial charge in [-0.3, -0.25) is 0 Å². The summed E-state index contributed by atoms with van der Waals surface area (Å²) < 4.78 is 24.5. The SMILES string of the molecule is N#CC(C#N)=C/C=C/c1ccc(-c2sc(-c3ccc(/C=C/C=C(C#N)C#N)o3)c3c2Oc2ccccc2O3)o1. The molecule has 0 atom stereocenters. The maximum Gasteiger partial charge on any atom is 0.192 e. The summed E-state index contributed by atoms with van der Waals surface area (Å²) in [6.07, 6.45) is 9.24. The van der Waals surface area contributed by atoms with E-state index in [9.17, 15) is 0 Å². The fourth-order valence-corrected chi connectivity index (χ4v) is 4.63. The third-order valence-corrected chi connectivity index (χ3v) is 6.51. The molecule has 0 bridgehead atoms. The molecule has 0 unspecified atom stereocenters. The van der Waals surface area contributed by atoms with Crippen molar-refractivity contribution in [2.75, 3.05) is 0 Å². The summed E-state index contributed by atoms with van der Waals surface area (Å²) in [5.74, 6) is 4.20. The number of para-hydroxylation sites is 2. The molecule has 3 aromatic heterocycles. The monoisotopic (exact) mass is 526 g/mol. The Morgan fingerprint density at radius 2 is 1.05 bits per heavy atom. The molecule has 0 radical (unpaired) electrons. The molecule has 0 amide bonds. The highest BCUT2D eigenvalue weighted by Crippen LogP contribution is 2.59. The highest BCUT2D eigenvalue weighted by Gasteiger charge is 2.31. The second-order valence-electron chi connectivity index (χ2n) is 7.80. The molecule has 1 aliphatic heterocycles. The van der Waals surface area contributed by atoms with Crippen molar-refractivity contribution in [3.05, 3.63) is 95.5 Å². The van der Waals surface area contributed by atoms with Gasteiger partial charge in [-0.15, -0.1) is 11.3 Å². The predicted octanol–water partition coefficient (Wildman–Crippen LogP) is 8.14. The van der Waals surface area contributed by atoms with Crippen LogP contribution in [-0.2, 0) is 0 Å². The number of nitrogens with zero attached hydrogens (tertiary/aromatic N) is 4. The van der Waals surface area contributed by atoms with Crippen molar-refractivity contribution < 1.29 is 18.3 Å². The average molecular weight is 527 g/mol. The Hall–Kier alpha value is -6.00. The predicted molar refractivity (Wildman–Crippen MR) is 143 cm³/mol. The first-order valence-corrected chi connectivity index (χ1v) is 12.1. The molecule has 4 aromatic rings. The molecule has 0 fully saturated rings. The van der Waals surface area contributed by atoms with Crippen molar-refractivity contribution in [3.63, 3.8) is 0 Å². The summed E-state index contributed by atoms with van der Waals surface area (Å²) >= 11 is 1.37. The van der Waals surface area contributed by atoms with Gasteiger partial charge < -0.3 is 18.3 Å². The molecule has 8 nitrogen and oxygen atoms in total. The summed E-state index contributed by atoms with van der Waals surface area (Å²) in [6.45, 7) is 0. The molecule has 5 rings (SSSR count). The number of thiophene rings is 1. The van der Waals surface area contributed by atoms with E-state index in [0.717, 1.165) is 0 Å². The lowest BCUT2D eigenvalue weighted by atomic mass is 10.2. The first-order chi connectivity index (χ1) is 19.1. The van der Waals surface area contributed by atoms with Gasteiger partial charge in [0.05, 0.1) is 0 Å². The molecule has 0 saturated carbocycles. The number of rotatable bonds is 6. The zero-order valence-electron chi connectivity index (χ0n) is 19.9. The first kappa shape index (κ1) is 24.7. The Kier molecular flexibility index (Phi) is 6.93. The van der Waals surface area contributed by atoms with Gasteiger partial charge in [-0.2, -0.15) is 21.0 Å². The number of hydrogen-bond acceptors (Lipinski definition) is 9. The van der Waals surface area contributed by atoms with Crippen LogP contribution in [0.15, 0.2) is 92.8 Å². The fraction of sp³-hybridized carbons (Fsp3) is 0. The van der Waals surface area contributed by atoms with Crippen LogP contribution in [0.5, 0.6) is 23.0 Å². The van der Waals surface area contributed by atoms with Crippen LogP contribution in [-0.4, -0.2) is 0 Å². The van der Waals surface area contributed by atoms with Gasteiger partial charge >= 0.3 is 0 Å². The van der Waals surface area contributed by atoms with E-state index in [0.29, 0.717) is 55.8 Å². The minimum atomic E-state index is -0.0153. The Bertz CT molecular complexity index is 1700. The summed E-state index contributed by atoms with van der Waals surface area (Å²) in [7, 11) is 0. The van der Waals surface area contributed by atoms with Gasteiger partial charge in [-0.1, -0.05) is 24.3 Å². The Labute approximate surface area is 226 Å². The standard InChI is InChI=1S/C30H14N4O4S/c31-15-19(16-32)5-3-7-21-11-13-25(35-21)29-27-28(38-24-10-2-1-9-23(24)37-27)30(39-29)26-14-12-22(36-26)8-4-6-20(17-33)18-34/h1-14H/b7-3+,8-4+. The van der Waals surface area contributed by atoms with Gasteiger partial charge in [-0.05, 0) is 60.7 Å². The molecular weight excluding hydrogens is 512 g/mol. The number of allylic oxidation sites excluding steroid dienone is 6. The smallest absolute Gasteiger partial charge is 0.192 e. The third-order valence-electron chi connectivity index (χ3n) is 5.33. The fourth-order valence-electron chi connectivity index (χ4n) is 3.56. The van der Waals surface area contributed by atoms with Gasteiger partial charge in [0.15, 0.2) is 23.0 Å². The van der Waals surface area contributed by atoms with Crippen molar-refractivity contribution in [3.8, 4) is 68.5 Å². The zero-order chi connectivity index (χ0) is 27.2. The summed E-state index contributed by atoms with van der Waals surface area (Å²) in [4.78, 5) is 1.37. The Morgan fingerprint density at radius 3 is 1.46 bits per heavy atom. The van der Waals surface area contributed by atoms with Crippen molar-refractivity contribution in [1.29, 1.82) is 21.0 Å². The molecule has 184 valence electrons. The van der Waals surface area contributed by atoms with Gasteiger partial charge in [0.2, 0.25) is 0 Å². The second-order valence-corrected chi connectivity index (χ2v) is 8.82. The number of nitriles is 4. The molecule has 39 heavy (non-hydrogen) atoms. The highest BCUT2D eigenvalue weighted by molar-refractivity contribution is 7.19. The van der Waals surface area contributed by atoms with E-state index in [1.54, 1.807) is 72.8 Å². The van der Waals surface area contributed by atoms with Crippen molar-refractivity contribution >= 4 is 23.5 Å². The van der Waals surface area contributed by atoms with E-state index in [1.807, 2.05) is 24.3 Å². The van der Waals surface area contributed by atoms with Gasteiger partial charge in [0.1, 0.15) is 68.2 Å². The average Bonchev–Trinajstić information content (AvgIpc) is 3.71. The van der Waals surface area contributed by atoms with E-state index in [2.05, 4.69) is 0 Å². The molecule has 9 heteroatoms. The van der Waals surface area contributed by atoms with Crippen LogP contribution in [0.4, 0.5) is 0 Å². The van der Waals surface area contributed by atoms with Gasteiger partial charge in [-0.25, -0.2) is 0 Å². The maximum atomic E-state index is 8.88. The maximum absolute atomic E-state index is 8.88. The van der Waals surface area contributed by atoms with Crippen molar-refractivity contribution in [2.45, 2.75) is 0 Å². The van der Waals surface area contributed by atoms with E-state index >= 15 is 0 Å². The van der Waals surface area contributed by atoms with E-state index in [4.69, 9.17) is 39.4 Å². The van der Waals surface area contributed by atoms with Gasteiger partial charge in [0, 0.05) is 0 Å². The second kappa shape index (κ2) is 10.9. The molecule has 0 spiro atoms. The molecule has 4 heterocycles. The largest absolute Gasteiger partial charge is 0.456 e. The number of benzene rings is 1. The minimum absolute atomic E-state index is 0.0153. The van der Waals surface area contributed by atoms with Crippen LogP contribution in [0, 0.1) is 45.3 Å². The summed E-state index contributed by atoms with van der Waals surface area (Å²) in [5.41, 5.74) is -0.0306. The lowest BCUT2D eigenvalue weighted by molar-refractivity contribution is 0.363. The van der Waals surface area contributed by atoms with Crippen molar-refractivity contribution in [2.24, 2.45) is 0 Å². The minimum Gasteiger partial charge on any atom is -0.456 e. The van der Waals surface area contributed by atoms with E-state index in [-0.39, 0.29) is 11.1 Å². The van der Waals surface area contributed by atoms with E-state index in [1.165, 1.54) is 23.5 Å². The summed E-state index contributed by atoms with van der Waals surface area (Å²) in [5, 5.41) is 35.5. The Balaban J connectivity index is 1.52. The molecule has 0 saturated heterocycles. The van der Waals surface area contributed by atoms with Crippen LogP contribution < -0.4 is 9.47 Å².